The van der Waals surface area contributed by atoms with Gasteiger partial charge in [-0.1, -0.05) is 18.2 Å². The molecule has 5 nitrogen and oxygen atoms in total. The highest BCUT2D eigenvalue weighted by molar-refractivity contribution is 5.93. The number of para-hydroxylation sites is 1. The van der Waals surface area contributed by atoms with Crippen LogP contribution in [0.25, 0.3) is 0 Å². The summed E-state index contributed by atoms with van der Waals surface area (Å²) in [6.07, 6.45) is 1.86. The topological polar surface area (TPSA) is 53.6 Å². The first-order valence-electron chi connectivity index (χ1n) is 8.22. The zero-order valence-electron chi connectivity index (χ0n) is 13.8. The van der Waals surface area contributed by atoms with E-state index in [0.717, 1.165) is 64.5 Å². The lowest BCUT2D eigenvalue weighted by Crippen LogP contribution is -2.36. The van der Waals surface area contributed by atoms with Crippen LogP contribution in [0.15, 0.2) is 24.3 Å². The van der Waals surface area contributed by atoms with Crippen LogP contribution in [0.5, 0.6) is 0 Å². The lowest BCUT2D eigenvalue weighted by Gasteiger charge is -2.28. The number of hydrogen-bond donors (Lipinski definition) is 2. The Labute approximate surface area is 156 Å². The van der Waals surface area contributed by atoms with Crippen LogP contribution in [0, 0.1) is 5.92 Å². The fraction of sp³-hybridized carbons (Fsp3) is 0.588. The van der Waals surface area contributed by atoms with Gasteiger partial charge in [0.15, 0.2) is 0 Å². The van der Waals surface area contributed by atoms with Gasteiger partial charge in [-0.3, -0.25) is 9.69 Å². The van der Waals surface area contributed by atoms with Gasteiger partial charge in [-0.2, -0.15) is 0 Å². The van der Waals surface area contributed by atoms with Crippen LogP contribution < -0.4 is 10.6 Å². The van der Waals surface area contributed by atoms with Crippen molar-refractivity contribution in [2.75, 3.05) is 44.7 Å². The van der Waals surface area contributed by atoms with Crippen LogP contribution in [-0.2, 0) is 16.1 Å². The molecule has 3 rings (SSSR count). The zero-order valence-corrected chi connectivity index (χ0v) is 15.5. The van der Waals surface area contributed by atoms with E-state index in [-0.39, 0.29) is 36.6 Å². The van der Waals surface area contributed by atoms with E-state index in [0.29, 0.717) is 0 Å². The van der Waals surface area contributed by atoms with Crippen molar-refractivity contribution in [3.8, 4) is 0 Å². The van der Waals surface area contributed by atoms with Crippen molar-refractivity contribution in [3.63, 3.8) is 0 Å². The summed E-state index contributed by atoms with van der Waals surface area (Å²) in [4.78, 5) is 14.8. The number of carbonyl (C=O) groups excluding carboxylic acids is 1. The van der Waals surface area contributed by atoms with Gasteiger partial charge in [-0.25, -0.2) is 0 Å². The van der Waals surface area contributed by atoms with Crippen molar-refractivity contribution in [1.82, 2.24) is 10.2 Å². The maximum Gasteiger partial charge on any atom is 0.227 e. The van der Waals surface area contributed by atoms with E-state index in [2.05, 4.69) is 21.6 Å². The summed E-state index contributed by atoms with van der Waals surface area (Å²) in [5, 5.41) is 6.45. The Hall–Kier alpha value is -0.850. The summed E-state index contributed by atoms with van der Waals surface area (Å²) in [6, 6.07) is 8.14. The van der Waals surface area contributed by atoms with Gasteiger partial charge in [0.25, 0.3) is 0 Å². The molecular weight excluding hydrogens is 349 g/mol. The predicted molar refractivity (Wildman–Crippen MR) is 101 cm³/mol. The maximum atomic E-state index is 12.4. The third-order valence-electron chi connectivity index (χ3n) is 4.48. The number of halogens is 2. The molecule has 0 radical (unpaired) electrons. The standard InChI is InChI=1S/C17H25N3O2.2ClH/c21-17(14-5-7-18-8-6-14)19-16-4-2-1-3-15(16)13-20-9-11-22-12-10-20;;/h1-4,14,18H,5-13H2,(H,19,21);2*1H. The second-order valence-corrected chi connectivity index (χ2v) is 6.06. The first-order valence-corrected chi connectivity index (χ1v) is 8.22. The quantitative estimate of drug-likeness (QED) is 0.847. The molecule has 0 aromatic heterocycles. The summed E-state index contributed by atoms with van der Waals surface area (Å²) in [5.41, 5.74) is 2.14. The number of nitrogens with one attached hydrogen (secondary N) is 2. The molecule has 2 aliphatic heterocycles. The average molecular weight is 376 g/mol. The first kappa shape index (κ1) is 21.2. The largest absolute Gasteiger partial charge is 0.379 e. The van der Waals surface area contributed by atoms with Gasteiger partial charge < -0.3 is 15.4 Å². The van der Waals surface area contributed by atoms with E-state index in [1.54, 1.807) is 0 Å². The second kappa shape index (κ2) is 10.9. The normalized spacial score (nSPS) is 19.0. The third kappa shape index (κ3) is 5.90. The zero-order chi connectivity index (χ0) is 15.2. The summed E-state index contributed by atoms with van der Waals surface area (Å²) < 4.78 is 5.39. The molecule has 1 amide bonds. The molecule has 0 bridgehead atoms. The lowest BCUT2D eigenvalue weighted by atomic mass is 9.97. The number of benzene rings is 1. The van der Waals surface area contributed by atoms with Crippen LogP contribution in [0.2, 0.25) is 0 Å². The fourth-order valence-corrected chi connectivity index (χ4v) is 3.10. The number of amides is 1. The Kier molecular flexibility index (Phi) is 9.63. The highest BCUT2D eigenvalue weighted by Crippen LogP contribution is 2.20. The van der Waals surface area contributed by atoms with E-state index < -0.39 is 0 Å². The van der Waals surface area contributed by atoms with Crippen LogP contribution in [-0.4, -0.2) is 50.2 Å². The second-order valence-electron chi connectivity index (χ2n) is 6.06. The molecule has 0 atom stereocenters. The van der Waals surface area contributed by atoms with Crippen LogP contribution in [0.3, 0.4) is 0 Å². The van der Waals surface area contributed by atoms with Gasteiger partial charge in [0, 0.05) is 31.2 Å². The minimum atomic E-state index is 0. The summed E-state index contributed by atoms with van der Waals surface area (Å²) in [7, 11) is 0. The number of ether oxygens (including phenoxy) is 1. The molecule has 24 heavy (non-hydrogen) atoms. The van der Waals surface area contributed by atoms with Gasteiger partial charge in [0.05, 0.1) is 13.2 Å². The van der Waals surface area contributed by atoms with Crippen LogP contribution >= 0.6 is 24.8 Å². The van der Waals surface area contributed by atoms with Gasteiger partial charge >= 0.3 is 0 Å². The molecule has 0 saturated carbocycles. The smallest absolute Gasteiger partial charge is 0.227 e. The Morgan fingerprint density at radius 3 is 2.54 bits per heavy atom. The van der Waals surface area contributed by atoms with E-state index >= 15 is 0 Å². The highest BCUT2D eigenvalue weighted by Gasteiger charge is 2.22. The number of carbonyl (C=O) groups is 1. The molecule has 0 spiro atoms. The van der Waals surface area contributed by atoms with Crippen LogP contribution in [0.1, 0.15) is 18.4 Å². The van der Waals surface area contributed by atoms with Gasteiger partial charge in [0.2, 0.25) is 5.91 Å². The predicted octanol–water partition coefficient (Wildman–Crippen LogP) is 2.30. The van der Waals surface area contributed by atoms with Gasteiger partial charge in [-0.15, -0.1) is 24.8 Å². The molecule has 2 N–H and O–H groups in total. The number of piperidine rings is 1. The van der Waals surface area contributed by atoms with E-state index in [4.69, 9.17) is 4.74 Å². The minimum absolute atomic E-state index is 0. The third-order valence-corrected chi connectivity index (χ3v) is 4.48. The number of nitrogens with zero attached hydrogens (tertiary/aromatic N) is 1. The molecule has 2 aliphatic rings. The summed E-state index contributed by atoms with van der Waals surface area (Å²) in [5.74, 6) is 0.300. The Balaban J connectivity index is 0.00000144. The molecule has 7 heteroatoms. The number of morpholine rings is 1. The molecule has 1 aromatic rings. The molecular formula is C17H27Cl2N3O2. The highest BCUT2D eigenvalue weighted by atomic mass is 35.5. The Bertz CT molecular complexity index is 504. The first-order chi connectivity index (χ1) is 10.8. The maximum absolute atomic E-state index is 12.4. The van der Waals surface area contributed by atoms with Gasteiger partial charge in [-0.05, 0) is 37.6 Å². The number of rotatable bonds is 4. The molecule has 2 fully saturated rings. The minimum Gasteiger partial charge on any atom is -0.379 e. The van der Waals surface area contributed by atoms with Crippen LogP contribution in [0.4, 0.5) is 5.69 Å². The molecule has 2 heterocycles. The van der Waals surface area contributed by atoms with E-state index in [1.165, 1.54) is 5.56 Å². The Morgan fingerprint density at radius 1 is 1.17 bits per heavy atom. The molecule has 2 saturated heterocycles. The van der Waals surface area contributed by atoms with Crippen molar-refractivity contribution >= 4 is 36.4 Å². The molecule has 0 aliphatic carbocycles. The van der Waals surface area contributed by atoms with E-state index in [1.807, 2.05) is 18.2 Å². The van der Waals surface area contributed by atoms with Crippen molar-refractivity contribution in [1.29, 1.82) is 0 Å². The molecule has 136 valence electrons. The van der Waals surface area contributed by atoms with Crippen molar-refractivity contribution in [3.05, 3.63) is 29.8 Å². The molecule has 0 unspecified atom stereocenters. The molecule has 1 aromatic carbocycles. The summed E-state index contributed by atoms with van der Waals surface area (Å²) in [6.45, 7) is 6.24. The monoisotopic (exact) mass is 375 g/mol. The summed E-state index contributed by atoms with van der Waals surface area (Å²) >= 11 is 0. The van der Waals surface area contributed by atoms with E-state index in [9.17, 15) is 4.79 Å². The number of hydrogen-bond acceptors (Lipinski definition) is 4. The van der Waals surface area contributed by atoms with Crippen molar-refractivity contribution < 1.29 is 9.53 Å². The fourth-order valence-electron chi connectivity index (χ4n) is 3.10. The lowest BCUT2D eigenvalue weighted by molar-refractivity contribution is -0.120. The van der Waals surface area contributed by atoms with Crippen molar-refractivity contribution in [2.24, 2.45) is 5.92 Å². The Morgan fingerprint density at radius 2 is 1.83 bits per heavy atom. The SMILES string of the molecule is Cl.Cl.O=C(Nc1ccccc1CN1CCOCC1)C1CCNCC1. The van der Waals surface area contributed by atoms with Gasteiger partial charge in [0.1, 0.15) is 0 Å². The number of anilines is 1. The van der Waals surface area contributed by atoms with Crippen molar-refractivity contribution in [2.45, 2.75) is 19.4 Å². The average Bonchev–Trinajstić information content (AvgIpc) is 2.58.